The summed E-state index contributed by atoms with van der Waals surface area (Å²) in [5.41, 5.74) is 12.7. The zero-order valence-electron chi connectivity index (χ0n) is 5.36. The third kappa shape index (κ3) is 4.89. The number of carbonyl (C=O) groups excluding carboxylic acids is 1. The lowest BCUT2D eigenvalue weighted by molar-refractivity contribution is -0.141. The van der Waals surface area contributed by atoms with E-state index in [1.54, 1.807) is 0 Å². The predicted octanol–water partition coefficient (Wildman–Crippen LogP) is -0.201. The van der Waals surface area contributed by atoms with E-state index in [1.165, 1.54) is 0 Å². The summed E-state index contributed by atoms with van der Waals surface area (Å²) in [6, 6.07) is 0. The van der Waals surface area contributed by atoms with Crippen LogP contribution < -0.4 is 5.73 Å². The molecule has 6 heteroatoms. The maximum atomic E-state index is 10.3. The van der Waals surface area contributed by atoms with Crippen LogP contribution in [0, 0.1) is 0 Å². The van der Waals surface area contributed by atoms with Crippen LogP contribution in [0.5, 0.6) is 0 Å². The first-order valence-corrected chi connectivity index (χ1v) is 2.67. The first kappa shape index (κ1) is 8.74. The highest BCUT2D eigenvalue weighted by Gasteiger charge is 1.94. The Labute approximate surface area is 57.6 Å². The van der Waals surface area contributed by atoms with Crippen molar-refractivity contribution in [2.24, 2.45) is 10.8 Å². The van der Waals surface area contributed by atoms with Gasteiger partial charge < -0.3 is 10.5 Å². The van der Waals surface area contributed by atoms with E-state index in [9.17, 15) is 4.79 Å². The highest BCUT2D eigenvalue weighted by molar-refractivity contribution is 5.71. The second kappa shape index (κ2) is 5.87. The van der Waals surface area contributed by atoms with Crippen molar-refractivity contribution in [3.63, 3.8) is 0 Å². The van der Waals surface area contributed by atoms with Crippen LogP contribution in [0.15, 0.2) is 5.11 Å². The van der Waals surface area contributed by atoms with E-state index in [4.69, 9.17) is 11.3 Å². The van der Waals surface area contributed by atoms with Crippen molar-refractivity contribution in [2.75, 3.05) is 19.7 Å². The predicted molar refractivity (Wildman–Crippen MR) is 34.0 cm³/mol. The third-order valence-electron chi connectivity index (χ3n) is 0.684. The monoisotopic (exact) mass is 144 g/mol. The van der Waals surface area contributed by atoms with Gasteiger partial charge in [-0.1, -0.05) is 5.11 Å². The number of hydrogen-bond acceptors (Lipinski definition) is 4. The molecular formula is C4H8N4O2. The van der Waals surface area contributed by atoms with Gasteiger partial charge in [0.2, 0.25) is 0 Å². The van der Waals surface area contributed by atoms with Crippen LogP contribution in [0.3, 0.4) is 0 Å². The topological polar surface area (TPSA) is 101 Å². The highest BCUT2D eigenvalue weighted by atomic mass is 16.5. The van der Waals surface area contributed by atoms with Gasteiger partial charge in [-0.05, 0) is 5.53 Å². The maximum Gasteiger partial charge on any atom is 0.319 e. The Hall–Kier alpha value is -1.26. The molecule has 0 aliphatic rings. The van der Waals surface area contributed by atoms with Crippen molar-refractivity contribution < 1.29 is 9.53 Å². The number of rotatable bonds is 4. The maximum absolute atomic E-state index is 10.3. The van der Waals surface area contributed by atoms with E-state index in [2.05, 4.69) is 14.8 Å². The molecule has 0 rings (SSSR count). The van der Waals surface area contributed by atoms with Gasteiger partial charge in [0.25, 0.3) is 0 Å². The van der Waals surface area contributed by atoms with Crippen LogP contribution in [0.25, 0.3) is 10.4 Å². The SMILES string of the molecule is [N-]=[N+]=NCCOC(=O)CN. The molecule has 0 aliphatic heterocycles. The molecule has 0 aromatic rings. The quantitative estimate of drug-likeness (QED) is 0.194. The van der Waals surface area contributed by atoms with Crippen molar-refractivity contribution in [1.82, 2.24) is 0 Å². The van der Waals surface area contributed by atoms with Crippen LogP contribution in [0.4, 0.5) is 0 Å². The first-order chi connectivity index (χ1) is 4.81. The number of azide groups is 1. The minimum Gasteiger partial charge on any atom is -0.465 e. The minimum absolute atomic E-state index is 0.0973. The molecule has 0 aromatic carbocycles. The lowest BCUT2D eigenvalue weighted by atomic mass is 10.6. The average Bonchev–Trinajstić information content (AvgIpc) is 1.98. The molecule has 0 radical (unpaired) electrons. The van der Waals surface area contributed by atoms with Gasteiger partial charge in [-0.25, -0.2) is 0 Å². The van der Waals surface area contributed by atoms with Crippen molar-refractivity contribution in [2.45, 2.75) is 0 Å². The molecule has 2 N–H and O–H groups in total. The smallest absolute Gasteiger partial charge is 0.319 e. The standard InChI is InChI=1S/C4H8N4O2/c5-3-4(9)10-2-1-7-8-6/h1-3,5H2. The Bertz CT molecular complexity index is 151. The number of carbonyl (C=O) groups is 1. The normalized spacial score (nSPS) is 8.10. The Morgan fingerprint density at radius 3 is 3.00 bits per heavy atom. The van der Waals surface area contributed by atoms with Gasteiger partial charge in [0.1, 0.15) is 0 Å². The fourth-order valence-electron chi connectivity index (χ4n) is 0.304. The average molecular weight is 144 g/mol. The van der Waals surface area contributed by atoms with Crippen molar-refractivity contribution >= 4 is 5.97 Å². The first-order valence-electron chi connectivity index (χ1n) is 2.67. The van der Waals surface area contributed by atoms with E-state index >= 15 is 0 Å². The molecule has 10 heavy (non-hydrogen) atoms. The lowest BCUT2D eigenvalue weighted by Gasteiger charge is -1.97. The van der Waals surface area contributed by atoms with E-state index < -0.39 is 5.97 Å². The molecule has 56 valence electrons. The Kier molecular flexibility index (Phi) is 5.13. The van der Waals surface area contributed by atoms with Crippen LogP contribution in [-0.4, -0.2) is 25.7 Å². The fraction of sp³-hybridized carbons (Fsp3) is 0.750. The van der Waals surface area contributed by atoms with Gasteiger partial charge in [0.15, 0.2) is 0 Å². The van der Waals surface area contributed by atoms with E-state index in [1.807, 2.05) is 0 Å². The van der Waals surface area contributed by atoms with Crippen molar-refractivity contribution in [3.05, 3.63) is 10.4 Å². The fourth-order valence-corrected chi connectivity index (χ4v) is 0.304. The molecule has 0 unspecified atom stereocenters. The van der Waals surface area contributed by atoms with E-state index in [-0.39, 0.29) is 19.7 Å². The molecule has 0 aromatic heterocycles. The summed E-state index contributed by atoms with van der Waals surface area (Å²) < 4.78 is 4.46. The van der Waals surface area contributed by atoms with Gasteiger partial charge in [-0.2, -0.15) is 0 Å². The summed E-state index contributed by atoms with van der Waals surface area (Å²) in [5.74, 6) is -0.492. The number of nitrogens with two attached hydrogens (primary N) is 1. The summed E-state index contributed by atoms with van der Waals surface area (Å²) in [6.07, 6.45) is 0. The highest BCUT2D eigenvalue weighted by Crippen LogP contribution is 1.77. The Morgan fingerprint density at radius 2 is 2.50 bits per heavy atom. The third-order valence-corrected chi connectivity index (χ3v) is 0.684. The molecule has 0 fully saturated rings. The summed E-state index contributed by atoms with van der Waals surface area (Å²) in [5, 5.41) is 3.14. The van der Waals surface area contributed by atoms with Gasteiger partial charge in [-0.3, -0.25) is 4.79 Å². The van der Waals surface area contributed by atoms with Crippen LogP contribution >= 0.6 is 0 Å². The van der Waals surface area contributed by atoms with Crippen LogP contribution in [0.2, 0.25) is 0 Å². The molecule has 0 saturated heterocycles. The second-order valence-electron chi connectivity index (χ2n) is 1.38. The summed E-state index contributed by atoms with van der Waals surface area (Å²) in [4.78, 5) is 12.8. The summed E-state index contributed by atoms with van der Waals surface area (Å²) in [7, 11) is 0. The van der Waals surface area contributed by atoms with E-state index in [0.29, 0.717) is 0 Å². The molecule has 0 saturated carbocycles. The molecule has 0 atom stereocenters. The van der Waals surface area contributed by atoms with Crippen LogP contribution in [-0.2, 0) is 9.53 Å². The van der Waals surface area contributed by atoms with Crippen LogP contribution in [0.1, 0.15) is 0 Å². The molecular weight excluding hydrogens is 136 g/mol. The van der Waals surface area contributed by atoms with E-state index in [0.717, 1.165) is 0 Å². The van der Waals surface area contributed by atoms with Crippen molar-refractivity contribution in [3.8, 4) is 0 Å². The molecule has 0 bridgehead atoms. The number of hydrogen-bond donors (Lipinski definition) is 1. The lowest BCUT2D eigenvalue weighted by Crippen LogP contribution is -2.17. The Morgan fingerprint density at radius 1 is 1.80 bits per heavy atom. The molecule has 0 amide bonds. The Balaban J connectivity index is 3.19. The summed E-state index contributed by atoms with van der Waals surface area (Å²) >= 11 is 0. The number of ether oxygens (including phenoxy) is 1. The molecule has 0 aliphatic carbocycles. The van der Waals surface area contributed by atoms with Gasteiger partial charge in [0.05, 0.1) is 19.7 Å². The van der Waals surface area contributed by atoms with Crippen molar-refractivity contribution in [1.29, 1.82) is 0 Å². The molecule has 0 heterocycles. The minimum atomic E-state index is -0.492. The largest absolute Gasteiger partial charge is 0.465 e. The van der Waals surface area contributed by atoms with Gasteiger partial charge in [0, 0.05) is 4.91 Å². The van der Waals surface area contributed by atoms with Gasteiger partial charge in [-0.15, -0.1) is 0 Å². The van der Waals surface area contributed by atoms with Gasteiger partial charge >= 0.3 is 5.97 Å². The number of esters is 1. The molecule has 0 spiro atoms. The zero-order valence-corrected chi connectivity index (χ0v) is 5.36. The number of nitrogens with zero attached hydrogens (tertiary/aromatic N) is 3. The summed E-state index contributed by atoms with van der Waals surface area (Å²) in [6.45, 7) is 0.110. The molecule has 6 nitrogen and oxygen atoms in total. The zero-order chi connectivity index (χ0) is 7.82. The second-order valence-corrected chi connectivity index (χ2v) is 1.38.